The van der Waals surface area contributed by atoms with Crippen LogP contribution in [0.1, 0.15) is 69.5 Å². The van der Waals surface area contributed by atoms with Crippen molar-refractivity contribution in [3.8, 4) is 34.1 Å². The van der Waals surface area contributed by atoms with Crippen LogP contribution in [-0.4, -0.2) is 19.3 Å². The lowest BCUT2D eigenvalue weighted by Gasteiger charge is -2.19. The molecular formula is C43H44N4O. The normalized spacial score (nSPS) is 11.9. The van der Waals surface area contributed by atoms with E-state index in [0.717, 1.165) is 57.4 Å². The minimum absolute atomic E-state index is 0.0431. The van der Waals surface area contributed by atoms with Crippen LogP contribution in [0, 0.1) is 13.8 Å². The number of aromatic nitrogens is 4. The van der Waals surface area contributed by atoms with Gasteiger partial charge in [0.15, 0.2) is 0 Å². The number of ether oxygens (including phenoxy) is 1. The molecule has 0 fully saturated rings. The molecule has 0 saturated carbocycles. The molecule has 4 aromatic carbocycles. The minimum Gasteiger partial charge on any atom is -0.457 e. The summed E-state index contributed by atoms with van der Waals surface area (Å²) in [5.41, 5.74) is 10.3. The van der Waals surface area contributed by atoms with Crippen LogP contribution in [0.25, 0.3) is 44.4 Å². The highest BCUT2D eigenvalue weighted by Crippen LogP contribution is 2.38. The molecule has 242 valence electrons. The summed E-state index contributed by atoms with van der Waals surface area (Å²) < 4.78 is 10.9. The standard InChI is InChI=1S/C43H44N4O/c1-7-8-10-14-31-23-24-44-41(25-31)46-39-22-19-33(43(4,5)6)26-38(39)37-21-20-36(28-40(37)46)48-35-18-13-17-34(27-35)47-30(3)42(29(2)45-47)32-15-11-9-12-16-32/h9,11-13,15-28H,7-8,10,14H2,1-6H3. The number of benzene rings is 4. The van der Waals surface area contributed by atoms with Gasteiger partial charge in [0.2, 0.25) is 0 Å². The zero-order valence-electron chi connectivity index (χ0n) is 28.9. The average Bonchev–Trinajstić information content (AvgIpc) is 3.57. The van der Waals surface area contributed by atoms with E-state index in [4.69, 9.17) is 14.8 Å². The summed E-state index contributed by atoms with van der Waals surface area (Å²) in [6.07, 6.45) is 6.64. The Morgan fingerprint density at radius 1 is 0.729 bits per heavy atom. The van der Waals surface area contributed by atoms with Crippen LogP contribution in [0.2, 0.25) is 0 Å². The molecule has 0 amide bonds. The Labute approximate surface area is 283 Å². The molecule has 7 rings (SSSR count). The minimum atomic E-state index is 0.0431. The molecule has 7 aromatic rings. The van der Waals surface area contributed by atoms with Gasteiger partial charge in [0, 0.05) is 40.4 Å². The summed E-state index contributed by atoms with van der Waals surface area (Å²) in [6, 6.07) is 36.3. The number of hydrogen-bond acceptors (Lipinski definition) is 3. The molecule has 3 aromatic heterocycles. The largest absolute Gasteiger partial charge is 0.457 e. The lowest BCUT2D eigenvalue weighted by molar-refractivity contribution is 0.482. The third-order valence-corrected chi connectivity index (χ3v) is 9.36. The van der Waals surface area contributed by atoms with Crippen LogP contribution in [0.4, 0.5) is 0 Å². The van der Waals surface area contributed by atoms with E-state index < -0.39 is 0 Å². The van der Waals surface area contributed by atoms with Gasteiger partial charge in [-0.3, -0.25) is 4.57 Å². The Balaban J connectivity index is 1.29. The molecule has 0 radical (unpaired) electrons. The van der Waals surface area contributed by atoms with Crippen molar-refractivity contribution in [2.45, 2.75) is 72.6 Å². The van der Waals surface area contributed by atoms with E-state index in [1.54, 1.807) is 0 Å². The van der Waals surface area contributed by atoms with Gasteiger partial charge >= 0.3 is 0 Å². The number of rotatable bonds is 9. The number of fused-ring (bicyclic) bond motifs is 3. The second-order valence-electron chi connectivity index (χ2n) is 13.9. The van der Waals surface area contributed by atoms with E-state index in [1.165, 1.54) is 46.7 Å². The van der Waals surface area contributed by atoms with E-state index in [2.05, 4.69) is 131 Å². The predicted octanol–water partition coefficient (Wildman–Crippen LogP) is 11.5. The van der Waals surface area contributed by atoms with Gasteiger partial charge in [0.1, 0.15) is 17.3 Å². The van der Waals surface area contributed by atoms with Crippen molar-refractivity contribution in [3.63, 3.8) is 0 Å². The second kappa shape index (κ2) is 12.8. The molecule has 0 bridgehead atoms. The quantitative estimate of drug-likeness (QED) is 0.149. The fraction of sp³-hybridized carbons (Fsp3) is 0.256. The SMILES string of the molecule is CCCCCc1ccnc(-n2c3ccc(C(C)(C)C)cc3c3ccc(Oc4cccc(-n5nc(C)c(-c6ccccc6)c5C)c4)cc32)c1. The zero-order chi connectivity index (χ0) is 33.4. The van der Waals surface area contributed by atoms with Gasteiger partial charge in [-0.15, -0.1) is 0 Å². The van der Waals surface area contributed by atoms with Crippen molar-refractivity contribution in [2.75, 3.05) is 0 Å². The van der Waals surface area contributed by atoms with Crippen molar-refractivity contribution >= 4 is 21.8 Å². The topological polar surface area (TPSA) is 44.9 Å². The summed E-state index contributed by atoms with van der Waals surface area (Å²) in [7, 11) is 0. The molecule has 0 aliphatic heterocycles. The highest BCUT2D eigenvalue weighted by Gasteiger charge is 2.20. The summed E-state index contributed by atoms with van der Waals surface area (Å²) in [5.74, 6) is 2.47. The van der Waals surface area contributed by atoms with Crippen molar-refractivity contribution in [1.29, 1.82) is 0 Å². The van der Waals surface area contributed by atoms with Crippen LogP contribution in [0.5, 0.6) is 11.5 Å². The molecule has 3 heterocycles. The number of aryl methyl sites for hydroxylation is 2. The second-order valence-corrected chi connectivity index (χ2v) is 13.9. The van der Waals surface area contributed by atoms with Gasteiger partial charge in [-0.25, -0.2) is 9.67 Å². The maximum absolute atomic E-state index is 6.59. The van der Waals surface area contributed by atoms with E-state index in [0.29, 0.717) is 0 Å². The highest BCUT2D eigenvalue weighted by molar-refractivity contribution is 6.09. The van der Waals surface area contributed by atoms with Crippen LogP contribution in [-0.2, 0) is 11.8 Å². The number of nitrogens with zero attached hydrogens (tertiary/aromatic N) is 4. The molecule has 0 saturated heterocycles. The molecule has 0 atom stereocenters. The third-order valence-electron chi connectivity index (χ3n) is 9.36. The van der Waals surface area contributed by atoms with Crippen molar-refractivity contribution < 1.29 is 4.74 Å². The van der Waals surface area contributed by atoms with Crippen LogP contribution in [0.3, 0.4) is 0 Å². The number of hydrogen-bond donors (Lipinski definition) is 0. The Morgan fingerprint density at radius 2 is 1.54 bits per heavy atom. The maximum atomic E-state index is 6.59. The average molecular weight is 633 g/mol. The summed E-state index contributed by atoms with van der Waals surface area (Å²) >= 11 is 0. The molecule has 0 spiro atoms. The van der Waals surface area contributed by atoms with Crippen molar-refractivity contribution in [3.05, 3.63) is 132 Å². The van der Waals surface area contributed by atoms with Gasteiger partial charge in [-0.2, -0.15) is 5.10 Å². The summed E-state index contributed by atoms with van der Waals surface area (Å²) in [6.45, 7) is 13.2. The monoisotopic (exact) mass is 632 g/mol. The van der Waals surface area contributed by atoms with Crippen LogP contribution < -0.4 is 4.74 Å². The van der Waals surface area contributed by atoms with Crippen LogP contribution in [0.15, 0.2) is 109 Å². The van der Waals surface area contributed by atoms with E-state index >= 15 is 0 Å². The first-order valence-electron chi connectivity index (χ1n) is 17.1. The van der Waals surface area contributed by atoms with Gasteiger partial charge in [-0.05, 0) is 97.3 Å². The summed E-state index contributed by atoms with van der Waals surface area (Å²) in [5, 5.41) is 7.33. The first-order chi connectivity index (χ1) is 23.2. The number of unbranched alkanes of at least 4 members (excludes halogenated alkanes) is 2. The first-order valence-corrected chi connectivity index (χ1v) is 17.1. The molecule has 5 heteroatoms. The molecule has 5 nitrogen and oxygen atoms in total. The Hall–Kier alpha value is -5.16. The van der Waals surface area contributed by atoms with Gasteiger partial charge in [-0.1, -0.05) is 83.0 Å². The smallest absolute Gasteiger partial charge is 0.137 e. The molecule has 0 aliphatic carbocycles. The van der Waals surface area contributed by atoms with Crippen LogP contribution >= 0.6 is 0 Å². The van der Waals surface area contributed by atoms with Crippen molar-refractivity contribution in [2.24, 2.45) is 0 Å². The van der Waals surface area contributed by atoms with E-state index in [-0.39, 0.29) is 5.41 Å². The lowest BCUT2D eigenvalue weighted by atomic mass is 9.86. The fourth-order valence-corrected chi connectivity index (χ4v) is 6.83. The molecule has 48 heavy (non-hydrogen) atoms. The number of pyridine rings is 1. The molecule has 0 N–H and O–H groups in total. The molecular weight excluding hydrogens is 589 g/mol. The fourth-order valence-electron chi connectivity index (χ4n) is 6.83. The zero-order valence-corrected chi connectivity index (χ0v) is 28.9. The Kier molecular flexibility index (Phi) is 8.38. The highest BCUT2D eigenvalue weighted by atomic mass is 16.5. The van der Waals surface area contributed by atoms with E-state index in [1.807, 2.05) is 29.1 Å². The van der Waals surface area contributed by atoms with Crippen molar-refractivity contribution in [1.82, 2.24) is 19.3 Å². The van der Waals surface area contributed by atoms with Gasteiger partial charge in [0.25, 0.3) is 0 Å². The van der Waals surface area contributed by atoms with E-state index in [9.17, 15) is 0 Å². The predicted molar refractivity (Wildman–Crippen MR) is 199 cm³/mol. The molecule has 0 unspecified atom stereocenters. The van der Waals surface area contributed by atoms with Gasteiger partial charge in [0.05, 0.1) is 22.4 Å². The lowest BCUT2D eigenvalue weighted by Crippen LogP contribution is -2.10. The Bertz CT molecular complexity index is 2230. The third kappa shape index (κ3) is 6.01. The first kappa shape index (κ1) is 31.4. The van der Waals surface area contributed by atoms with Gasteiger partial charge < -0.3 is 4.74 Å². The summed E-state index contributed by atoms with van der Waals surface area (Å²) in [4.78, 5) is 4.89. The Morgan fingerprint density at radius 3 is 2.33 bits per heavy atom. The maximum Gasteiger partial charge on any atom is 0.137 e. The molecule has 0 aliphatic rings.